The highest BCUT2D eigenvalue weighted by Gasteiger charge is 2.30. The van der Waals surface area contributed by atoms with Crippen LogP contribution in [-0.2, 0) is 17.9 Å². The van der Waals surface area contributed by atoms with Crippen LogP contribution in [0.3, 0.4) is 0 Å². The van der Waals surface area contributed by atoms with Gasteiger partial charge < -0.3 is 20.0 Å². The van der Waals surface area contributed by atoms with Crippen LogP contribution in [-0.4, -0.2) is 54.5 Å². The third-order valence-corrected chi connectivity index (χ3v) is 5.98. The maximum absolute atomic E-state index is 13.9. The van der Waals surface area contributed by atoms with E-state index in [2.05, 4.69) is 22.3 Å². The fourth-order valence-corrected chi connectivity index (χ4v) is 4.16. The summed E-state index contributed by atoms with van der Waals surface area (Å²) in [4.78, 5) is 30.4. The fraction of sp³-hybridized carbons (Fsp3) is 0.417. The highest BCUT2D eigenvalue weighted by molar-refractivity contribution is 5.85. The van der Waals surface area contributed by atoms with Gasteiger partial charge in [-0.1, -0.05) is 30.3 Å². The van der Waals surface area contributed by atoms with Crippen molar-refractivity contribution in [3.63, 3.8) is 0 Å². The second-order valence-electron chi connectivity index (χ2n) is 8.21. The summed E-state index contributed by atoms with van der Waals surface area (Å²) >= 11 is 0. The zero-order chi connectivity index (χ0) is 21.6. The minimum Gasteiger partial charge on any atom is -0.372 e. The van der Waals surface area contributed by atoms with Crippen molar-refractivity contribution in [1.82, 2.24) is 15.1 Å². The van der Waals surface area contributed by atoms with Crippen molar-refractivity contribution < 1.29 is 14.0 Å². The summed E-state index contributed by atoms with van der Waals surface area (Å²) in [5, 5.41) is 2.89. The first-order valence-corrected chi connectivity index (χ1v) is 11.0. The number of rotatable bonds is 7. The van der Waals surface area contributed by atoms with Crippen LogP contribution in [0.4, 0.5) is 14.9 Å². The molecule has 1 N–H and O–H groups in total. The summed E-state index contributed by atoms with van der Waals surface area (Å²) in [5.74, 6) is -0.515. The molecule has 0 bridgehead atoms. The van der Waals surface area contributed by atoms with Gasteiger partial charge in [0.25, 0.3) is 0 Å². The number of anilines is 1. The van der Waals surface area contributed by atoms with Gasteiger partial charge in [0.1, 0.15) is 12.4 Å². The summed E-state index contributed by atoms with van der Waals surface area (Å²) in [6.07, 6.45) is 3.79. The van der Waals surface area contributed by atoms with Gasteiger partial charge in [-0.05, 0) is 43.0 Å². The molecule has 7 heteroatoms. The van der Waals surface area contributed by atoms with Gasteiger partial charge in [-0.15, -0.1) is 0 Å². The Bertz CT molecular complexity index is 912. The quantitative estimate of drug-likeness (QED) is 0.742. The minimum atomic E-state index is -0.321. The van der Waals surface area contributed by atoms with Gasteiger partial charge in [0, 0.05) is 44.0 Å². The first kappa shape index (κ1) is 21.2. The van der Waals surface area contributed by atoms with Gasteiger partial charge in [-0.3, -0.25) is 4.79 Å². The molecular weight excluding hydrogens is 395 g/mol. The average Bonchev–Trinajstić information content (AvgIpc) is 3.14. The molecule has 0 saturated carbocycles. The maximum Gasteiger partial charge on any atom is 0.320 e. The zero-order valence-electron chi connectivity index (χ0n) is 17.7. The fourth-order valence-electron chi connectivity index (χ4n) is 4.16. The molecule has 2 saturated heterocycles. The molecule has 2 aliphatic heterocycles. The van der Waals surface area contributed by atoms with Crippen molar-refractivity contribution in [2.45, 2.75) is 32.4 Å². The van der Waals surface area contributed by atoms with Gasteiger partial charge in [0.05, 0.1) is 6.54 Å². The number of nitrogens with zero attached hydrogens (tertiary/aromatic N) is 3. The smallest absolute Gasteiger partial charge is 0.320 e. The van der Waals surface area contributed by atoms with E-state index in [1.165, 1.54) is 35.9 Å². The molecule has 2 aromatic rings. The summed E-state index contributed by atoms with van der Waals surface area (Å²) in [5.41, 5.74) is 2.74. The number of halogens is 1. The van der Waals surface area contributed by atoms with E-state index < -0.39 is 0 Å². The lowest BCUT2D eigenvalue weighted by Gasteiger charge is -2.28. The predicted octanol–water partition coefficient (Wildman–Crippen LogP) is 3.37. The number of carbonyl (C=O) groups is 2. The van der Waals surface area contributed by atoms with Crippen LogP contribution in [0.1, 0.15) is 30.4 Å². The first-order valence-electron chi connectivity index (χ1n) is 11.0. The number of amides is 3. The van der Waals surface area contributed by atoms with Crippen molar-refractivity contribution >= 4 is 17.6 Å². The van der Waals surface area contributed by atoms with Gasteiger partial charge >= 0.3 is 6.03 Å². The van der Waals surface area contributed by atoms with Crippen LogP contribution in [0.2, 0.25) is 0 Å². The van der Waals surface area contributed by atoms with E-state index in [1.807, 2.05) is 12.1 Å². The molecular formula is C24H29FN4O2. The molecule has 31 heavy (non-hydrogen) atoms. The van der Waals surface area contributed by atoms with Gasteiger partial charge in [-0.2, -0.15) is 0 Å². The van der Waals surface area contributed by atoms with E-state index in [9.17, 15) is 14.0 Å². The molecule has 4 rings (SSSR count). The van der Waals surface area contributed by atoms with Crippen molar-refractivity contribution in [2.75, 3.05) is 37.6 Å². The Morgan fingerprint density at radius 1 is 0.903 bits per heavy atom. The van der Waals surface area contributed by atoms with Crippen molar-refractivity contribution in [3.05, 3.63) is 65.5 Å². The van der Waals surface area contributed by atoms with E-state index >= 15 is 0 Å². The molecule has 0 radical (unpaired) electrons. The minimum absolute atomic E-state index is 0.0124. The molecule has 0 unspecified atom stereocenters. The van der Waals surface area contributed by atoms with E-state index in [-0.39, 0.29) is 30.8 Å². The summed E-state index contributed by atoms with van der Waals surface area (Å²) in [7, 11) is 0. The molecule has 164 valence electrons. The summed E-state index contributed by atoms with van der Waals surface area (Å²) in [6.45, 7) is 3.82. The van der Waals surface area contributed by atoms with Gasteiger partial charge in [0.2, 0.25) is 5.91 Å². The van der Waals surface area contributed by atoms with Crippen LogP contribution in [0, 0.1) is 5.82 Å². The zero-order valence-corrected chi connectivity index (χ0v) is 17.7. The van der Waals surface area contributed by atoms with E-state index in [4.69, 9.17) is 0 Å². The number of benzene rings is 2. The highest BCUT2D eigenvalue weighted by atomic mass is 19.1. The average molecular weight is 425 g/mol. The van der Waals surface area contributed by atoms with Crippen molar-refractivity contribution in [3.8, 4) is 0 Å². The third kappa shape index (κ3) is 5.34. The Kier molecular flexibility index (Phi) is 6.70. The lowest BCUT2D eigenvalue weighted by Crippen LogP contribution is -2.39. The van der Waals surface area contributed by atoms with Crippen LogP contribution < -0.4 is 10.2 Å². The van der Waals surface area contributed by atoms with Crippen LogP contribution in [0.15, 0.2) is 48.5 Å². The van der Waals surface area contributed by atoms with Crippen molar-refractivity contribution in [2.24, 2.45) is 0 Å². The van der Waals surface area contributed by atoms with Crippen molar-refractivity contribution in [1.29, 1.82) is 0 Å². The van der Waals surface area contributed by atoms with Crippen LogP contribution in [0.25, 0.3) is 0 Å². The second kappa shape index (κ2) is 9.81. The van der Waals surface area contributed by atoms with E-state index in [0.29, 0.717) is 25.2 Å². The number of nitrogens with one attached hydrogen (secondary N) is 1. The molecule has 2 heterocycles. The molecule has 0 spiro atoms. The lowest BCUT2D eigenvalue weighted by molar-refractivity contribution is -0.121. The number of hydrogen-bond acceptors (Lipinski definition) is 3. The maximum atomic E-state index is 13.9. The first-order chi connectivity index (χ1) is 15.1. The Morgan fingerprint density at radius 2 is 1.61 bits per heavy atom. The third-order valence-electron chi connectivity index (χ3n) is 5.98. The lowest BCUT2D eigenvalue weighted by atomic mass is 10.1. The Labute approximate surface area is 182 Å². The molecule has 0 aliphatic carbocycles. The SMILES string of the molecule is O=C(CN1CCN(Cc2ccccc2F)C1=O)NCc1ccc(N2CCCCC2)cc1. The number of carbonyl (C=O) groups excluding carboxylic acids is 2. The molecule has 2 aliphatic rings. The van der Waals surface area contributed by atoms with E-state index in [1.54, 1.807) is 23.1 Å². The summed E-state index contributed by atoms with van der Waals surface area (Å²) in [6, 6.07) is 14.5. The molecule has 2 aromatic carbocycles. The normalized spacial score (nSPS) is 16.7. The molecule has 0 atom stereocenters. The summed E-state index contributed by atoms with van der Waals surface area (Å²) < 4.78 is 13.9. The van der Waals surface area contributed by atoms with E-state index in [0.717, 1.165) is 18.7 Å². The number of urea groups is 1. The standard InChI is InChI=1S/C24H29FN4O2/c25-22-7-3-2-6-20(22)17-28-14-15-29(24(28)31)18-23(30)26-16-19-8-10-21(11-9-19)27-12-4-1-5-13-27/h2-3,6-11H,1,4-5,12-18H2,(H,26,30). The second-order valence-corrected chi connectivity index (χ2v) is 8.21. The van der Waals surface area contributed by atoms with Crippen LogP contribution in [0.5, 0.6) is 0 Å². The molecule has 0 aromatic heterocycles. The monoisotopic (exact) mass is 424 g/mol. The van der Waals surface area contributed by atoms with Gasteiger partial charge in [0.15, 0.2) is 0 Å². The molecule has 6 nitrogen and oxygen atoms in total. The number of hydrogen-bond donors (Lipinski definition) is 1. The largest absolute Gasteiger partial charge is 0.372 e. The number of piperidine rings is 1. The van der Waals surface area contributed by atoms with Gasteiger partial charge in [-0.25, -0.2) is 9.18 Å². The highest BCUT2D eigenvalue weighted by Crippen LogP contribution is 2.20. The Hall–Kier alpha value is -3.09. The topological polar surface area (TPSA) is 55.9 Å². The molecule has 3 amide bonds. The predicted molar refractivity (Wildman–Crippen MR) is 118 cm³/mol. The molecule has 2 fully saturated rings. The Balaban J connectivity index is 1.23. The van der Waals surface area contributed by atoms with Crippen LogP contribution >= 0.6 is 0 Å². The Morgan fingerprint density at radius 3 is 2.35 bits per heavy atom.